The molecule has 0 saturated heterocycles. The lowest BCUT2D eigenvalue weighted by atomic mass is 9.96. The molecule has 1 heterocycles. The Labute approximate surface area is 141 Å². The number of hydrogen-bond donors (Lipinski definition) is 2. The van der Waals surface area contributed by atoms with Gasteiger partial charge in [0, 0.05) is 16.5 Å². The number of rotatable bonds is 4. The Bertz CT molecular complexity index is 739. The Morgan fingerprint density at radius 2 is 1.91 bits per heavy atom. The molecule has 1 aliphatic rings. The number of nitrogens with one attached hydrogen (secondary N) is 1. The molecule has 0 bridgehead atoms. The highest BCUT2D eigenvalue weighted by Gasteiger charge is 2.28. The third kappa shape index (κ3) is 3.29. The van der Waals surface area contributed by atoms with Crippen molar-refractivity contribution in [3.05, 3.63) is 51.3 Å². The van der Waals surface area contributed by atoms with Crippen LogP contribution in [0.2, 0.25) is 0 Å². The molecule has 0 saturated carbocycles. The van der Waals surface area contributed by atoms with Crippen molar-refractivity contribution in [3.63, 3.8) is 0 Å². The van der Waals surface area contributed by atoms with E-state index in [4.69, 9.17) is 4.52 Å². The number of carboxylic acids is 1. The fraction of sp³-hybridized carbons (Fsp3) is 0.312. The van der Waals surface area contributed by atoms with Crippen LogP contribution in [0.4, 0.5) is 0 Å². The molecular weight excluding hydrogens is 364 g/mol. The van der Waals surface area contributed by atoms with Crippen molar-refractivity contribution < 1.29 is 19.2 Å². The van der Waals surface area contributed by atoms with Crippen molar-refractivity contribution in [2.45, 2.75) is 31.7 Å². The van der Waals surface area contributed by atoms with E-state index in [0.717, 1.165) is 41.5 Å². The maximum absolute atomic E-state index is 12.4. The van der Waals surface area contributed by atoms with E-state index < -0.39 is 17.9 Å². The Morgan fingerprint density at radius 3 is 2.61 bits per heavy atom. The number of amides is 1. The van der Waals surface area contributed by atoms with Crippen molar-refractivity contribution >= 4 is 27.8 Å². The number of carbonyl (C=O) groups excluding carboxylic acids is 1. The second-order valence-electron chi connectivity index (χ2n) is 5.44. The number of halogens is 1. The lowest BCUT2D eigenvalue weighted by molar-refractivity contribution is -0.139. The number of aromatic nitrogens is 1. The van der Waals surface area contributed by atoms with Gasteiger partial charge in [0.2, 0.25) is 0 Å². The summed E-state index contributed by atoms with van der Waals surface area (Å²) in [4.78, 5) is 23.9. The summed E-state index contributed by atoms with van der Waals surface area (Å²) in [5.41, 5.74) is 1.49. The highest BCUT2D eigenvalue weighted by Crippen LogP contribution is 2.25. The molecule has 1 amide bonds. The Hall–Kier alpha value is -2.15. The molecule has 23 heavy (non-hydrogen) atoms. The van der Waals surface area contributed by atoms with Crippen molar-refractivity contribution in [1.29, 1.82) is 0 Å². The summed E-state index contributed by atoms with van der Waals surface area (Å²) < 4.78 is 6.04. The highest BCUT2D eigenvalue weighted by atomic mass is 79.9. The monoisotopic (exact) mass is 378 g/mol. The van der Waals surface area contributed by atoms with Gasteiger partial charge in [0.15, 0.2) is 11.7 Å². The summed E-state index contributed by atoms with van der Waals surface area (Å²) in [6, 6.07) is 5.64. The van der Waals surface area contributed by atoms with Gasteiger partial charge in [-0.05, 0) is 37.0 Å². The third-order valence-electron chi connectivity index (χ3n) is 3.89. The zero-order valence-corrected chi connectivity index (χ0v) is 13.8. The van der Waals surface area contributed by atoms with Gasteiger partial charge in [0.1, 0.15) is 5.76 Å². The number of aliphatic carboxylic acids is 1. The van der Waals surface area contributed by atoms with Crippen LogP contribution >= 0.6 is 15.9 Å². The largest absolute Gasteiger partial charge is 0.479 e. The van der Waals surface area contributed by atoms with E-state index in [-0.39, 0.29) is 5.69 Å². The molecule has 2 N–H and O–H groups in total. The van der Waals surface area contributed by atoms with Gasteiger partial charge in [-0.3, -0.25) is 4.79 Å². The molecule has 0 aliphatic heterocycles. The summed E-state index contributed by atoms with van der Waals surface area (Å²) in [6.07, 6.45) is 3.49. The third-order valence-corrected chi connectivity index (χ3v) is 4.42. The minimum absolute atomic E-state index is 0.197. The zero-order chi connectivity index (χ0) is 16.4. The molecule has 120 valence electrons. The molecule has 1 aromatic heterocycles. The number of nitrogens with zero attached hydrogens (tertiary/aromatic N) is 1. The Balaban J connectivity index is 1.83. The molecule has 1 aromatic carbocycles. The molecule has 6 nitrogen and oxygen atoms in total. The highest BCUT2D eigenvalue weighted by molar-refractivity contribution is 9.10. The molecular formula is C16H15BrN2O4. The second-order valence-corrected chi connectivity index (χ2v) is 6.35. The van der Waals surface area contributed by atoms with Crippen molar-refractivity contribution in [2.75, 3.05) is 0 Å². The summed E-state index contributed by atoms with van der Waals surface area (Å²) in [5, 5.41) is 15.8. The number of carboxylic acid groups (broad SMARTS) is 1. The fourth-order valence-electron chi connectivity index (χ4n) is 2.71. The summed E-state index contributed by atoms with van der Waals surface area (Å²) in [5.74, 6) is -0.915. The number of fused-ring (bicyclic) bond motifs is 1. The molecule has 7 heteroatoms. The van der Waals surface area contributed by atoms with Crippen molar-refractivity contribution in [2.24, 2.45) is 0 Å². The smallest absolute Gasteiger partial charge is 0.330 e. The van der Waals surface area contributed by atoms with Crippen molar-refractivity contribution in [3.8, 4) is 0 Å². The molecule has 0 fully saturated rings. The molecule has 2 aromatic rings. The van der Waals surface area contributed by atoms with Gasteiger partial charge in [-0.2, -0.15) is 0 Å². The average molecular weight is 379 g/mol. The van der Waals surface area contributed by atoms with Crippen LogP contribution in [-0.2, 0) is 17.6 Å². The lowest BCUT2D eigenvalue weighted by Crippen LogP contribution is -2.34. The van der Waals surface area contributed by atoms with E-state index >= 15 is 0 Å². The first kappa shape index (κ1) is 15.7. The van der Waals surface area contributed by atoms with E-state index in [9.17, 15) is 14.7 Å². The molecule has 1 aliphatic carbocycles. The van der Waals surface area contributed by atoms with Gasteiger partial charge in [0.05, 0.1) is 0 Å². The standard InChI is InChI=1S/C16H15BrN2O4/c17-10-7-5-9(6-8-10)13(16(21)22)18-15(20)14-11-3-1-2-4-12(11)23-19-14/h5-8,13H,1-4H2,(H,18,20)(H,21,22). The van der Waals surface area contributed by atoms with Crippen LogP contribution in [0.3, 0.4) is 0 Å². The van der Waals surface area contributed by atoms with Gasteiger partial charge in [0.25, 0.3) is 5.91 Å². The van der Waals surface area contributed by atoms with Crippen LogP contribution in [0.25, 0.3) is 0 Å². The number of hydrogen-bond acceptors (Lipinski definition) is 4. The van der Waals surface area contributed by atoms with Crippen molar-refractivity contribution in [1.82, 2.24) is 10.5 Å². The van der Waals surface area contributed by atoms with Gasteiger partial charge < -0.3 is 14.9 Å². The topological polar surface area (TPSA) is 92.4 Å². The molecule has 3 rings (SSSR count). The summed E-state index contributed by atoms with van der Waals surface area (Å²) >= 11 is 3.30. The molecule has 1 unspecified atom stereocenters. The van der Waals surface area contributed by atoms with Gasteiger partial charge >= 0.3 is 5.97 Å². The zero-order valence-electron chi connectivity index (χ0n) is 12.2. The molecule has 0 spiro atoms. The maximum atomic E-state index is 12.4. The summed E-state index contributed by atoms with van der Waals surface area (Å²) in [7, 11) is 0. The predicted molar refractivity (Wildman–Crippen MR) is 85.1 cm³/mol. The minimum atomic E-state index is -1.13. The number of carbonyl (C=O) groups is 2. The normalized spacial score (nSPS) is 14.8. The Kier molecular flexibility index (Phi) is 4.47. The van der Waals surface area contributed by atoms with E-state index in [0.29, 0.717) is 5.56 Å². The minimum Gasteiger partial charge on any atom is -0.479 e. The first-order chi connectivity index (χ1) is 11.1. The summed E-state index contributed by atoms with van der Waals surface area (Å²) in [6.45, 7) is 0. The van der Waals surface area contributed by atoms with E-state index in [1.54, 1.807) is 24.3 Å². The Morgan fingerprint density at radius 1 is 1.22 bits per heavy atom. The molecule has 1 atom stereocenters. The van der Waals surface area contributed by atoms with Crippen LogP contribution in [-0.4, -0.2) is 22.1 Å². The van der Waals surface area contributed by atoms with Gasteiger partial charge in [-0.25, -0.2) is 4.79 Å². The number of aryl methyl sites for hydroxylation is 1. The fourth-order valence-corrected chi connectivity index (χ4v) is 2.97. The maximum Gasteiger partial charge on any atom is 0.330 e. The second kappa shape index (κ2) is 6.54. The van der Waals surface area contributed by atoms with Crippen LogP contribution in [0.15, 0.2) is 33.3 Å². The average Bonchev–Trinajstić information content (AvgIpc) is 2.97. The van der Waals surface area contributed by atoms with E-state index in [1.165, 1.54) is 0 Å². The first-order valence-electron chi connectivity index (χ1n) is 7.33. The van der Waals surface area contributed by atoms with Gasteiger partial charge in [-0.1, -0.05) is 33.2 Å². The van der Waals surface area contributed by atoms with Crippen LogP contribution in [0.5, 0.6) is 0 Å². The lowest BCUT2D eigenvalue weighted by Gasteiger charge is -2.15. The van der Waals surface area contributed by atoms with E-state index in [1.807, 2.05) is 0 Å². The SMILES string of the molecule is O=C(NC(C(=O)O)c1ccc(Br)cc1)c1noc2c1CCCC2. The van der Waals surface area contributed by atoms with Crippen LogP contribution in [0, 0.1) is 0 Å². The quantitative estimate of drug-likeness (QED) is 0.852. The number of benzene rings is 1. The van der Waals surface area contributed by atoms with Gasteiger partial charge in [-0.15, -0.1) is 0 Å². The predicted octanol–water partition coefficient (Wildman–Crippen LogP) is 2.87. The van der Waals surface area contributed by atoms with Crippen LogP contribution in [0.1, 0.15) is 46.3 Å². The first-order valence-corrected chi connectivity index (χ1v) is 8.12. The van der Waals surface area contributed by atoms with E-state index in [2.05, 4.69) is 26.4 Å². The van der Waals surface area contributed by atoms with Crippen LogP contribution < -0.4 is 5.32 Å². The molecule has 0 radical (unpaired) electrons.